The number of imidazole rings is 1. The van der Waals surface area contributed by atoms with E-state index in [4.69, 9.17) is 0 Å². The van der Waals surface area contributed by atoms with Crippen molar-refractivity contribution < 1.29 is 9.59 Å². The summed E-state index contributed by atoms with van der Waals surface area (Å²) < 4.78 is 1.68. The Hall–Kier alpha value is -3.15. The molecular formula is C22H26N4O2. The van der Waals surface area contributed by atoms with E-state index < -0.39 is 0 Å². The number of pyridine rings is 1. The standard InChI is InChI=1S/C22H26N4O2/c1-5-6-13-25(4)22(28)20-24-19(18-12-7-8-14-26(18)20)21(27)23-17-11-9-10-15(2)16(17)3/h7-12,14H,5-6,13H2,1-4H3,(H,23,27). The van der Waals surface area contributed by atoms with Crippen molar-refractivity contribution in [1.82, 2.24) is 14.3 Å². The molecule has 6 heteroatoms. The zero-order valence-corrected chi connectivity index (χ0v) is 16.8. The van der Waals surface area contributed by atoms with Crippen LogP contribution in [-0.2, 0) is 0 Å². The number of rotatable bonds is 6. The Balaban J connectivity index is 1.97. The van der Waals surface area contributed by atoms with Gasteiger partial charge in [0.05, 0.1) is 5.52 Å². The summed E-state index contributed by atoms with van der Waals surface area (Å²) in [6.07, 6.45) is 3.69. The molecule has 0 radical (unpaired) electrons. The maximum Gasteiger partial charge on any atom is 0.289 e. The Morgan fingerprint density at radius 1 is 1.14 bits per heavy atom. The topological polar surface area (TPSA) is 66.7 Å². The van der Waals surface area contributed by atoms with Gasteiger partial charge in [-0.3, -0.25) is 14.0 Å². The number of carbonyl (C=O) groups is 2. The number of nitrogens with zero attached hydrogens (tertiary/aromatic N) is 3. The van der Waals surface area contributed by atoms with Crippen LogP contribution in [0.2, 0.25) is 0 Å². The molecule has 0 atom stereocenters. The molecular weight excluding hydrogens is 352 g/mol. The van der Waals surface area contributed by atoms with Crippen LogP contribution >= 0.6 is 0 Å². The van der Waals surface area contributed by atoms with E-state index >= 15 is 0 Å². The SMILES string of the molecule is CCCCN(C)C(=O)c1nc(C(=O)Nc2cccc(C)c2C)c2ccccn12. The summed E-state index contributed by atoms with van der Waals surface area (Å²) in [4.78, 5) is 31.9. The molecule has 0 fully saturated rings. The Morgan fingerprint density at radius 3 is 2.68 bits per heavy atom. The lowest BCUT2D eigenvalue weighted by atomic mass is 10.1. The van der Waals surface area contributed by atoms with Gasteiger partial charge < -0.3 is 10.2 Å². The highest BCUT2D eigenvalue weighted by Gasteiger charge is 2.23. The Labute approximate surface area is 165 Å². The number of carbonyl (C=O) groups excluding carboxylic acids is 2. The normalized spacial score (nSPS) is 10.9. The van der Waals surface area contributed by atoms with Crippen LogP contribution in [-0.4, -0.2) is 39.7 Å². The van der Waals surface area contributed by atoms with Crippen LogP contribution in [0.25, 0.3) is 5.52 Å². The molecule has 2 aromatic heterocycles. The average Bonchev–Trinajstić information content (AvgIpc) is 3.09. The fourth-order valence-electron chi connectivity index (χ4n) is 3.09. The van der Waals surface area contributed by atoms with Crippen LogP contribution in [0, 0.1) is 13.8 Å². The molecule has 28 heavy (non-hydrogen) atoms. The van der Waals surface area contributed by atoms with Crippen molar-refractivity contribution in [3.8, 4) is 0 Å². The second kappa shape index (κ2) is 8.25. The number of aromatic nitrogens is 2. The summed E-state index contributed by atoms with van der Waals surface area (Å²) in [5.41, 5.74) is 3.71. The van der Waals surface area contributed by atoms with E-state index in [2.05, 4.69) is 17.2 Å². The molecule has 0 unspecified atom stereocenters. The number of fused-ring (bicyclic) bond motifs is 1. The quantitative estimate of drug-likeness (QED) is 0.703. The zero-order valence-electron chi connectivity index (χ0n) is 16.8. The van der Waals surface area contributed by atoms with Crippen LogP contribution < -0.4 is 5.32 Å². The first kappa shape index (κ1) is 19.6. The highest BCUT2D eigenvalue weighted by atomic mass is 16.2. The molecule has 0 saturated carbocycles. The van der Waals surface area contributed by atoms with Crippen LogP contribution in [0.5, 0.6) is 0 Å². The van der Waals surface area contributed by atoms with E-state index in [-0.39, 0.29) is 23.3 Å². The van der Waals surface area contributed by atoms with E-state index in [1.165, 1.54) is 0 Å². The maximum atomic E-state index is 13.0. The van der Waals surface area contributed by atoms with Gasteiger partial charge in [-0.1, -0.05) is 31.5 Å². The van der Waals surface area contributed by atoms with E-state index in [0.29, 0.717) is 12.1 Å². The number of amides is 2. The summed E-state index contributed by atoms with van der Waals surface area (Å²) in [5.74, 6) is -0.270. The van der Waals surface area contributed by atoms with Crippen molar-refractivity contribution in [2.75, 3.05) is 18.9 Å². The number of benzene rings is 1. The number of hydrogen-bond donors (Lipinski definition) is 1. The number of aryl methyl sites for hydroxylation is 1. The molecule has 3 aromatic rings. The molecule has 0 spiro atoms. The second-order valence-corrected chi connectivity index (χ2v) is 7.02. The molecule has 0 saturated heterocycles. The van der Waals surface area contributed by atoms with Gasteiger partial charge in [0.15, 0.2) is 5.69 Å². The molecule has 6 nitrogen and oxygen atoms in total. The number of nitrogens with one attached hydrogen (secondary N) is 1. The fraction of sp³-hybridized carbons (Fsp3) is 0.318. The van der Waals surface area contributed by atoms with E-state index in [9.17, 15) is 9.59 Å². The minimum absolute atomic E-state index is 0.194. The summed E-state index contributed by atoms with van der Waals surface area (Å²) in [7, 11) is 1.76. The molecule has 2 heterocycles. The van der Waals surface area contributed by atoms with E-state index in [1.54, 1.807) is 28.6 Å². The first-order valence-corrected chi connectivity index (χ1v) is 9.54. The molecule has 0 aliphatic carbocycles. The summed E-state index contributed by atoms with van der Waals surface area (Å²) in [5, 5.41) is 2.94. The minimum atomic E-state index is -0.326. The van der Waals surface area contributed by atoms with Crippen molar-refractivity contribution in [2.45, 2.75) is 33.6 Å². The van der Waals surface area contributed by atoms with Crippen LogP contribution in [0.4, 0.5) is 5.69 Å². The van der Waals surface area contributed by atoms with Crippen LogP contribution in [0.3, 0.4) is 0 Å². The third-order valence-electron chi connectivity index (χ3n) is 5.00. The predicted octanol–water partition coefficient (Wildman–Crippen LogP) is 4.08. The molecule has 0 bridgehead atoms. The van der Waals surface area contributed by atoms with Gasteiger partial charge in [-0.25, -0.2) is 4.98 Å². The van der Waals surface area contributed by atoms with Gasteiger partial charge in [0.25, 0.3) is 11.8 Å². The van der Waals surface area contributed by atoms with Crippen molar-refractivity contribution in [2.24, 2.45) is 0 Å². The molecule has 146 valence electrons. The number of unbranched alkanes of at least 4 members (excludes halogenated alkanes) is 1. The summed E-state index contributed by atoms with van der Waals surface area (Å²) in [6, 6.07) is 11.2. The van der Waals surface area contributed by atoms with E-state index in [1.807, 2.05) is 44.2 Å². The van der Waals surface area contributed by atoms with Crippen molar-refractivity contribution in [3.05, 3.63) is 65.2 Å². The Kier molecular flexibility index (Phi) is 5.78. The molecule has 3 rings (SSSR count). The molecule has 0 aliphatic heterocycles. The molecule has 1 N–H and O–H groups in total. The van der Waals surface area contributed by atoms with E-state index in [0.717, 1.165) is 29.7 Å². The highest BCUT2D eigenvalue weighted by molar-refractivity contribution is 6.09. The first-order valence-electron chi connectivity index (χ1n) is 9.54. The highest BCUT2D eigenvalue weighted by Crippen LogP contribution is 2.21. The summed E-state index contributed by atoms with van der Waals surface area (Å²) in [6.45, 7) is 6.70. The third-order valence-corrected chi connectivity index (χ3v) is 5.00. The number of anilines is 1. The van der Waals surface area contributed by atoms with Gasteiger partial charge in [-0.15, -0.1) is 0 Å². The largest absolute Gasteiger partial charge is 0.339 e. The monoisotopic (exact) mass is 378 g/mol. The van der Waals surface area contributed by atoms with Crippen molar-refractivity contribution in [1.29, 1.82) is 0 Å². The lowest BCUT2D eigenvalue weighted by Gasteiger charge is -2.15. The third kappa shape index (κ3) is 3.76. The Bertz CT molecular complexity index is 1020. The van der Waals surface area contributed by atoms with Gasteiger partial charge in [0.1, 0.15) is 0 Å². The second-order valence-electron chi connectivity index (χ2n) is 7.02. The predicted molar refractivity (Wildman–Crippen MR) is 111 cm³/mol. The smallest absolute Gasteiger partial charge is 0.289 e. The van der Waals surface area contributed by atoms with Crippen molar-refractivity contribution in [3.63, 3.8) is 0 Å². The van der Waals surface area contributed by atoms with Crippen molar-refractivity contribution >= 4 is 23.0 Å². The van der Waals surface area contributed by atoms with Gasteiger partial charge in [-0.05, 0) is 49.6 Å². The number of hydrogen-bond acceptors (Lipinski definition) is 3. The van der Waals surface area contributed by atoms with Gasteiger partial charge in [0, 0.05) is 25.5 Å². The maximum absolute atomic E-state index is 13.0. The van der Waals surface area contributed by atoms with Gasteiger partial charge >= 0.3 is 0 Å². The lowest BCUT2D eigenvalue weighted by Crippen LogP contribution is -2.29. The first-order chi connectivity index (χ1) is 13.4. The van der Waals surface area contributed by atoms with Crippen LogP contribution in [0.1, 0.15) is 52.0 Å². The molecule has 2 amide bonds. The zero-order chi connectivity index (χ0) is 20.3. The Morgan fingerprint density at radius 2 is 1.93 bits per heavy atom. The molecule has 1 aromatic carbocycles. The minimum Gasteiger partial charge on any atom is -0.339 e. The lowest BCUT2D eigenvalue weighted by molar-refractivity contribution is 0.0780. The van der Waals surface area contributed by atoms with Gasteiger partial charge in [0.2, 0.25) is 5.82 Å². The average molecular weight is 378 g/mol. The van der Waals surface area contributed by atoms with Crippen LogP contribution in [0.15, 0.2) is 42.6 Å². The van der Waals surface area contributed by atoms with Gasteiger partial charge in [-0.2, -0.15) is 0 Å². The molecule has 0 aliphatic rings. The summed E-state index contributed by atoms with van der Waals surface area (Å²) >= 11 is 0. The fourth-order valence-corrected chi connectivity index (χ4v) is 3.09.